The molecular formula is C52H34N6. The van der Waals surface area contributed by atoms with E-state index in [1.807, 2.05) is 60.7 Å². The average molecular weight is 743 g/mol. The van der Waals surface area contributed by atoms with Gasteiger partial charge in [-0.25, -0.2) is 15.0 Å². The van der Waals surface area contributed by atoms with E-state index >= 15 is 0 Å². The first-order chi connectivity index (χ1) is 28.7. The van der Waals surface area contributed by atoms with Crippen LogP contribution in [0.5, 0.6) is 0 Å². The summed E-state index contributed by atoms with van der Waals surface area (Å²) in [6.45, 7) is 0. The highest BCUT2D eigenvalue weighted by atomic mass is 15.3. The van der Waals surface area contributed by atoms with Crippen molar-refractivity contribution in [2.45, 2.75) is 0 Å². The van der Waals surface area contributed by atoms with Gasteiger partial charge in [-0.05, 0) is 84.5 Å². The standard InChI is InChI=1S/C52H34N6/c1-4-14-34(15-5-1)50-53-51(35-16-6-2-7-17-35)55-52(54-50)36-24-27-40(28-25-36)56-44-21-11-10-20-42(44)43-32-48-49(33-47(43)56)58(41-29-26-37-30-38(37)31-41)46-23-13-12-22-45(46)57(48)39-18-8-3-9-19-39/h1-33,38H/t38-/m0/s1. The van der Waals surface area contributed by atoms with E-state index in [0.717, 1.165) is 61.8 Å². The largest absolute Gasteiger partial charge is 0.309 e. The number of rotatable bonds is 6. The Morgan fingerprint density at radius 2 is 0.931 bits per heavy atom. The van der Waals surface area contributed by atoms with Gasteiger partial charge in [-0.15, -0.1) is 0 Å². The van der Waals surface area contributed by atoms with E-state index < -0.39 is 0 Å². The van der Waals surface area contributed by atoms with Gasteiger partial charge in [0.25, 0.3) is 0 Å². The summed E-state index contributed by atoms with van der Waals surface area (Å²) in [5.41, 5.74) is 14.4. The molecule has 6 nitrogen and oxygen atoms in total. The van der Waals surface area contributed by atoms with E-state index in [1.165, 1.54) is 22.0 Å². The highest BCUT2D eigenvalue weighted by Gasteiger charge is 2.34. The van der Waals surface area contributed by atoms with Crippen molar-refractivity contribution in [3.05, 3.63) is 211 Å². The second-order valence-corrected chi connectivity index (χ2v) is 14.9. The Hall–Kier alpha value is -7.83. The quantitative estimate of drug-likeness (QED) is 0.170. The maximum Gasteiger partial charge on any atom is 0.164 e. The third kappa shape index (κ3) is 5.23. The lowest BCUT2D eigenvalue weighted by Crippen LogP contribution is -2.26. The van der Waals surface area contributed by atoms with Crippen LogP contribution in [0.25, 0.3) is 61.7 Å². The lowest BCUT2D eigenvalue weighted by atomic mass is 10.0. The number of nitrogens with zero attached hydrogens (tertiary/aromatic N) is 6. The summed E-state index contributed by atoms with van der Waals surface area (Å²) in [6.07, 6.45) is 9.24. The normalized spacial score (nSPS) is 15.1. The van der Waals surface area contributed by atoms with Gasteiger partial charge in [0.05, 0.1) is 33.8 Å². The van der Waals surface area contributed by atoms with Crippen molar-refractivity contribution in [1.82, 2.24) is 19.5 Å². The molecule has 0 saturated carbocycles. The summed E-state index contributed by atoms with van der Waals surface area (Å²) in [5, 5.41) is 2.39. The third-order valence-electron chi connectivity index (χ3n) is 11.4. The molecule has 3 heterocycles. The first kappa shape index (κ1) is 32.4. The molecule has 2 aliphatic carbocycles. The molecule has 1 atom stereocenters. The first-order valence-corrected chi connectivity index (χ1v) is 19.7. The lowest BCUT2D eigenvalue weighted by molar-refractivity contribution is 1.07. The molecule has 7 aromatic carbocycles. The van der Waals surface area contributed by atoms with Crippen LogP contribution in [0.2, 0.25) is 0 Å². The number of anilines is 5. The highest BCUT2D eigenvalue weighted by Crippen LogP contribution is 2.55. The fourth-order valence-electron chi connectivity index (χ4n) is 8.60. The monoisotopic (exact) mass is 742 g/mol. The zero-order valence-corrected chi connectivity index (χ0v) is 31.3. The maximum atomic E-state index is 5.00. The Morgan fingerprint density at radius 1 is 0.379 bits per heavy atom. The van der Waals surface area contributed by atoms with E-state index in [-0.39, 0.29) is 0 Å². The highest BCUT2D eigenvalue weighted by molar-refractivity contribution is 6.14. The van der Waals surface area contributed by atoms with Crippen LogP contribution in [0, 0.1) is 5.92 Å². The number of hydrogen-bond donors (Lipinski definition) is 0. The van der Waals surface area contributed by atoms with Crippen molar-refractivity contribution in [2.24, 2.45) is 5.92 Å². The van der Waals surface area contributed by atoms with Gasteiger partial charge in [0.1, 0.15) is 0 Å². The Labute approximate surface area is 335 Å². The number of hydrogen-bond acceptors (Lipinski definition) is 5. The molecule has 0 saturated heterocycles. The topological polar surface area (TPSA) is 50.1 Å². The van der Waals surface area contributed by atoms with Crippen molar-refractivity contribution in [3.8, 4) is 39.9 Å². The first-order valence-electron chi connectivity index (χ1n) is 19.7. The Morgan fingerprint density at radius 3 is 1.59 bits per heavy atom. The van der Waals surface area contributed by atoms with Gasteiger partial charge < -0.3 is 14.4 Å². The van der Waals surface area contributed by atoms with Crippen LogP contribution in [-0.2, 0) is 0 Å². The fourth-order valence-corrected chi connectivity index (χ4v) is 8.60. The molecule has 58 heavy (non-hydrogen) atoms. The van der Waals surface area contributed by atoms with Gasteiger partial charge in [-0.2, -0.15) is 0 Å². The van der Waals surface area contributed by atoms with E-state index in [4.69, 9.17) is 15.0 Å². The number of para-hydroxylation sites is 4. The Bertz CT molecular complexity index is 3110. The molecule has 3 aliphatic rings. The molecule has 272 valence electrons. The molecule has 0 spiro atoms. The number of benzene rings is 7. The molecule has 1 aliphatic heterocycles. The molecule has 0 N–H and O–H groups in total. The van der Waals surface area contributed by atoms with Crippen LogP contribution in [0.1, 0.15) is 0 Å². The summed E-state index contributed by atoms with van der Waals surface area (Å²) in [5.74, 6) is 2.32. The van der Waals surface area contributed by atoms with Gasteiger partial charge in [0.15, 0.2) is 17.5 Å². The minimum Gasteiger partial charge on any atom is -0.309 e. The van der Waals surface area contributed by atoms with Crippen LogP contribution >= 0.6 is 0 Å². The summed E-state index contributed by atoms with van der Waals surface area (Å²) in [4.78, 5) is 19.8. The van der Waals surface area contributed by atoms with E-state index in [9.17, 15) is 0 Å². The molecule has 0 amide bonds. The van der Waals surface area contributed by atoms with Crippen molar-refractivity contribution in [2.75, 3.05) is 9.80 Å². The minimum atomic E-state index is 0.397. The molecule has 12 rings (SSSR count). The van der Waals surface area contributed by atoms with Crippen molar-refractivity contribution in [1.29, 1.82) is 0 Å². The number of aromatic nitrogens is 4. The minimum absolute atomic E-state index is 0.397. The van der Waals surface area contributed by atoms with E-state index in [2.05, 4.69) is 154 Å². The van der Waals surface area contributed by atoms with Crippen LogP contribution in [-0.4, -0.2) is 19.5 Å². The van der Waals surface area contributed by atoms with E-state index in [0.29, 0.717) is 23.4 Å². The molecule has 0 unspecified atom stereocenters. The molecule has 0 radical (unpaired) electrons. The lowest BCUT2D eigenvalue weighted by Gasteiger charge is -2.41. The molecule has 0 fully saturated rings. The molecule has 0 bridgehead atoms. The number of fused-ring (bicyclic) bond motifs is 6. The predicted molar refractivity (Wildman–Crippen MR) is 236 cm³/mol. The molecule has 6 heteroatoms. The second-order valence-electron chi connectivity index (χ2n) is 14.9. The fraction of sp³-hybridized carbons (Fsp3) is 0.0192. The second kappa shape index (κ2) is 12.9. The van der Waals surface area contributed by atoms with Crippen LogP contribution in [0.3, 0.4) is 0 Å². The van der Waals surface area contributed by atoms with Gasteiger partial charge in [0.2, 0.25) is 0 Å². The van der Waals surface area contributed by atoms with Gasteiger partial charge in [-0.1, -0.05) is 121 Å². The van der Waals surface area contributed by atoms with Crippen molar-refractivity contribution >= 4 is 50.2 Å². The summed E-state index contributed by atoms with van der Waals surface area (Å²) in [6, 6.07) is 61.8. The third-order valence-corrected chi connectivity index (χ3v) is 11.4. The summed E-state index contributed by atoms with van der Waals surface area (Å²) < 4.78 is 2.39. The summed E-state index contributed by atoms with van der Waals surface area (Å²) >= 11 is 0. The van der Waals surface area contributed by atoms with Crippen LogP contribution in [0.15, 0.2) is 211 Å². The SMILES string of the molecule is C1=CC(N2c3ccccc3N(c3ccccc3)c3cc4c5ccccc5n(-c5ccc(-c6nc(-c7ccccc7)nc(-c7ccccc7)n6)cc5)c4cc32)=C[C@@H]2C=C12. The van der Waals surface area contributed by atoms with Crippen LogP contribution < -0.4 is 9.80 Å². The molecule has 9 aromatic rings. The van der Waals surface area contributed by atoms with Crippen LogP contribution in [0.4, 0.5) is 28.4 Å². The maximum absolute atomic E-state index is 5.00. The van der Waals surface area contributed by atoms with E-state index in [1.54, 1.807) is 0 Å². The van der Waals surface area contributed by atoms with Gasteiger partial charge in [-0.3, -0.25) is 0 Å². The number of allylic oxidation sites excluding steroid dienone is 5. The molecule has 2 aromatic heterocycles. The van der Waals surface area contributed by atoms with Crippen molar-refractivity contribution < 1.29 is 0 Å². The Balaban J connectivity index is 1.04. The summed E-state index contributed by atoms with van der Waals surface area (Å²) in [7, 11) is 0. The molecular weight excluding hydrogens is 709 g/mol. The zero-order chi connectivity index (χ0) is 38.2. The predicted octanol–water partition coefficient (Wildman–Crippen LogP) is 12.9. The zero-order valence-electron chi connectivity index (χ0n) is 31.3. The average Bonchev–Trinajstić information content (AvgIpc) is 4.01. The van der Waals surface area contributed by atoms with Crippen molar-refractivity contribution in [3.63, 3.8) is 0 Å². The smallest absolute Gasteiger partial charge is 0.164 e. The van der Waals surface area contributed by atoms with Gasteiger partial charge >= 0.3 is 0 Å². The Kier molecular flexibility index (Phi) is 7.19. The van der Waals surface area contributed by atoms with Gasteiger partial charge in [0, 0.05) is 50.5 Å².